The molecule has 48 heavy (non-hydrogen) atoms. The summed E-state index contributed by atoms with van der Waals surface area (Å²) in [5.41, 5.74) is 0.386. The summed E-state index contributed by atoms with van der Waals surface area (Å²) >= 11 is 6.53. The monoisotopic (exact) mass is 723 g/mol. The Morgan fingerprint density at radius 2 is 1.62 bits per heavy atom. The van der Waals surface area contributed by atoms with E-state index in [2.05, 4.69) is 42.3 Å². The molecule has 0 spiro atoms. The van der Waals surface area contributed by atoms with Crippen LogP contribution in [-0.2, 0) is 24.8 Å². The molecule has 2 unspecified atom stereocenters. The van der Waals surface area contributed by atoms with Crippen LogP contribution in [0.2, 0.25) is 5.02 Å². The Morgan fingerprint density at radius 1 is 0.979 bits per heavy atom. The third-order valence-electron chi connectivity index (χ3n) is 9.50. The van der Waals surface area contributed by atoms with Crippen molar-refractivity contribution in [2.24, 2.45) is 0 Å². The number of nitrogens with zero attached hydrogens (tertiary/aromatic N) is 7. The molecule has 3 aliphatic rings. The lowest BCUT2D eigenvalue weighted by Gasteiger charge is -2.50. The summed E-state index contributed by atoms with van der Waals surface area (Å²) in [7, 11) is -0.293. The number of piperidine rings is 1. The van der Waals surface area contributed by atoms with Crippen LogP contribution in [0.1, 0.15) is 12.8 Å². The lowest BCUT2D eigenvalue weighted by atomic mass is 9.91. The van der Waals surface area contributed by atoms with Gasteiger partial charge in [0, 0.05) is 72.2 Å². The van der Waals surface area contributed by atoms with Crippen LogP contribution in [0.4, 0.5) is 23.1 Å². The van der Waals surface area contributed by atoms with Gasteiger partial charge in [0.05, 0.1) is 36.1 Å². The number of aromatic nitrogens is 2. The van der Waals surface area contributed by atoms with Gasteiger partial charge in [0.15, 0.2) is 11.5 Å². The number of likely N-dealkylation sites (tertiary alicyclic amines) is 1. The number of para-hydroxylation sites is 2. The van der Waals surface area contributed by atoms with E-state index in [1.807, 2.05) is 12.2 Å². The van der Waals surface area contributed by atoms with Crippen LogP contribution in [0, 0.1) is 0 Å². The summed E-state index contributed by atoms with van der Waals surface area (Å²) < 4.78 is 58.4. The molecule has 1 aliphatic carbocycles. The van der Waals surface area contributed by atoms with E-state index in [1.165, 1.54) is 28.9 Å². The van der Waals surface area contributed by atoms with E-state index in [4.69, 9.17) is 16.3 Å². The zero-order valence-electron chi connectivity index (χ0n) is 28.3. The Labute approximate surface area is 289 Å². The largest absolute Gasteiger partial charge is 0.357 e. The van der Waals surface area contributed by atoms with Gasteiger partial charge in [-0.25, -0.2) is 21.8 Å². The molecule has 1 aromatic heterocycles. The van der Waals surface area contributed by atoms with Crippen molar-refractivity contribution in [1.82, 2.24) is 29.0 Å². The van der Waals surface area contributed by atoms with E-state index in [9.17, 15) is 16.8 Å². The molecule has 0 saturated carbocycles. The SMILES string of the molecule is COC1(N2CCC(N3CCN(C)CC3)CC2)C=CC(N(C)S(C)(=O)=O)=CC1Nc1ncc(Cl)c(Nc2ccccc2N(C)S(C)(=O)=O)n1. The van der Waals surface area contributed by atoms with Gasteiger partial charge in [-0.3, -0.25) is 18.4 Å². The molecular weight excluding hydrogens is 678 g/mol. The number of nitrogens with one attached hydrogen (secondary N) is 2. The number of piperazine rings is 1. The van der Waals surface area contributed by atoms with Crippen LogP contribution < -0.4 is 14.9 Å². The van der Waals surface area contributed by atoms with Crippen molar-refractivity contribution in [3.8, 4) is 0 Å². The van der Waals surface area contributed by atoms with Crippen LogP contribution in [0.3, 0.4) is 0 Å². The van der Waals surface area contributed by atoms with Crippen molar-refractivity contribution in [2.75, 3.05) is 95.0 Å². The zero-order valence-corrected chi connectivity index (χ0v) is 30.7. The molecule has 2 atom stereocenters. The molecule has 2 saturated heterocycles. The standard InChI is InChI=1S/C31H46ClN9O5S2/c1-37-17-19-40(20-18-37)23-12-15-41(16-13-23)31(46-4)14-11-24(38(2)47(5,42)43)21-28(31)35-30-33-22-25(32)29(36-30)34-26-9-7-8-10-27(26)39(3)48(6,44)45/h7-11,14,21-23,28H,12-13,15-20H2,1-6H3,(H2,33,34,35,36). The lowest BCUT2D eigenvalue weighted by molar-refractivity contribution is -0.118. The number of halogens is 1. The van der Waals surface area contributed by atoms with Gasteiger partial charge in [-0.05, 0) is 50.3 Å². The molecular formula is C31H46ClN9O5S2. The predicted molar refractivity (Wildman–Crippen MR) is 191 cm³/mol. The van der Waals surface area contributed by atoms with Gasteiger partial charge in [0.25, 0.3) is 0 Å². The Hall–Kier alpha value is -2.99. The molecule has 2 fully saturated rings. The maximum absolute atomic E-state index is 12.5. The molecule has 0 bridgehead atoms. The average Bonchev–Trinajstić information content (AvgIpc) is 3.05. The minimum atomic E-state index is -3.54. The normalized spacial score (nSPS) is 23.5. The van der Waals surface area contributed by atoms with Crippen molar-refractivity contribution in [1.29, 1.82) is 0 Å². The van der Waals surface area contributed by atoms with Gasteiger partial charge >= 0.3 is 0 Å². The molecule has 14 nitrogen and oxygen atoms in total. The van der Waals surface area contributed by atoms with Crippen LogP contribution in [0.15, 0.2) is 54.4 Å². The summed E-state index contributed by atoms with van der Waals surface area (Å²) in [6, 6.07) is 6.80. The number of hydrogen-bond donors (Lipinski definition) is 2. The molecule has 5 rings (SSSR count). The summed E-state index contributed by atoms with van der Waals surface area (Å²) in [5, 5.41) is 6.77. The van der Waals surface area contributed by atoms with E-state index >= 15 is 0 Å². The van der Waals surface area contributed by atoms with E-state index in [1.54, 1.807) is 37.5 Å². The van der Waals surface area contributed by atoms with Crippen molar-refractivity contribution in [3.05, 3.63) is 59.4 Å². The number of rotatable bonds is 11. The van der Waals surface area contributed by atoms with Crippen molar-refractivity contribution < 1.29 is 21.6 Å². The van der Waals surface area contributed by atoms with Crippen LogP contribution in [-0.4, -0.2) is 144 Å². The lowest BCUT2D eigenvalue weighted by Crippen LogP contribution is -2.63. The number of methoxy groups -OCH3 is 1. The van der Waals surface area contributed by atoms with E-state index in [-0.39, 0.29) is 16.8 Å². The highest BCUT2D eigenvalue weighted by Gasteiger charge is 2.46. The second-order valence-electron chi connectivity index (χ2n) is 12.6. The average molecular weight is 724 g/mol. The molecule has 2 N–H and O–H groups in total. The first kappa shape index (κ1) is 36.3. The van der Waals surface area contributed by atoms with Crippen molar-refractivity contribution in [2.45, 2.75) is 30.7 Å². The highest BCUT2D eigenvalue weighted by Crippen LogP contribution is 2.36. The summed E-state index contributed by atoms with van der Waals surface area (Å²) in [4.78, 5) is 16.3. The number of ether oxygens (including phenoxy) is 1. The van der Waals surface area contributed by atoms with E-state index < -0.39 is 31.8 Å². The predicted octanol–water partition coefficient (Wildman–Crippen LogP) is 2.45. The topological polar surface area (TPSA) is 144 Å². The van der Waals surface area contributed by atoms with Crippen molar-refractivity contribution in [3.63, 3.8) is 0 Å². The number of anilines is 4. The summed E-state index contributed by atoms with van der Waals surface area (Å²) in [5.74, 6) is 0.464. The number of sulfonamides is 2. The van der Waals surface area contributed by atoms with Gasteiger partial charge < -0.3 is 20.3 Å². The van der Waals surface area contributed by atoms with E-state index in [0.717, 1.165) is 64.6 Å². The van der Waals surface area contributed by atoms with Crippen LogP contribution in [0.5, 0.6) is 0 Å². The highest BCUT2D eigenvalue weighted by molar-refractivity contribution is 7.92. The molecule has 17 heteroatoms. The fourth-order valence-corrected chi connectivity index (χ4v) is 7.58. The van der Waals surface area contributed by atoms with Gasteiger partial charge in [-0.15, -0.1) is 0 Å². The first-order valence-corrected chi connectivity index (χ1v) is 19.9. The highest BCUT2D eigenvalue weighted by atomic mass is 35.5. The minimum absolute atomic E-state index is 0.211. The molecule has 3 heterocycles. The minimum Gasteiger partial charge on any atom is -0.357 e. The molecule has 0 radical (unpaired) electrons. The van der Waals surface area contributed by atoms with Crippen LogP contribution >= 0.6 is 11.6 Å². The quantitative estimate of drug-likeness (QED) is 0.352. The van der Waals surface area contributed by atoms with Gasteiger partial charge in [-0.1, -0.05) is 23.7 Å². The Kier molecular flexibility index (Phi) is 10.9. The molecule has 0 amide bonds. The smallest absolute Gasteiger partial charge is 0.232 e. The van der Waals surface area contributed by atoms with Gasteiger partial charge in [0.2, 0.25) is 26.0 Å². The second-order valence-corrected chi connectivity index (χ2v) is 17.0. The van der Waals surface area contributed by atoms with Crippen LogP contribution in [0.25, 0.3) is 0 Å². The molecule has 2 aliphatic heterocycles. The number of benzene rings is 1. The van der Waals surface area contributed by atoms with E-state index in [0.29, 0.717) is 23.1 Å². The number of likely N-dealkylation sites (N-methyl/N-ethyl adjacent to an activating group) is 2. The molecule has 264 valence electrons. The summed E-state index contributed by atoms with van der Waals surface area (Å²) in [6.07, 6.45) is 11.2. The van der Waals surface area contributed by atoms with Crippen molar-refractivity contribution >= 4 is 54.8 Å². The maximum atomic E-state index is 12.5. The first-order valence-electron chi connectivity index (χ1n) is 15.8. The molecule has 2 aromatic rings. The first-order chi connectivity index (χ1) is 22.6. The maximum Gasteiger partial charge on any atom is 0.232 e. The number of hydrogen-bond acceptors (Lipinski definition) is 12. The number of allylic oxidation sites excluding steroid dienone is 1. The fraction of sp³-hybridized carbons (Fsp3) is 0.548. The third kappa shape index (κ3) is 7.90. The zero-order chi connectivity index (χ0) is 34.9. The summed E-state index contributed by atoms with van der Waals surface area (Å²) in [6.45, 7) is 5.80. The second kappa shape index (κ2) is 14.5. The van der Waals surface area contributed by atoms with Gasteiger partial charge in [-0.2, -0.15) is 4.98 Å². The molecule has 1 aromatic carbocycles. The fourth-order valence-electron chi connectivity index (χ4n) is 6.42. The van der Waals surface area contributed by atoms with Gasteiger partial charge in [0.1, 0.15) is 5.02 Å². The third-order valence-corrected chi connectivity index (χ3v) is 12.2. The Morgan fingerprint density at radius 3 is 2.25 bits per heavy atom. The Balaban J connectivity index is 1.44. The Bertz CT molecular complexity index is 1740.